The summed E-state index contributed by atoms with van der Waals surface area (Å²) in [7, 11) is 0. The molecule has 0 atom stereocenters. The first-order valence-corrected chi connectivity index (χ1v) is 9.13. The van der Waals surface area contributed by atoms with Crippen LogP contribution in [0.1, 0.15) is 23.9 Å². The number of carbonyl (C=O) groups excluding carboxylic acids is 2. The maximum atomic E-state index is 12.5. The number of amides is 2. The fourth-order valence-electron chi connectivity index (χ4n) is 2.96. The number of furan rings is 1. The Kier molecular flexibility index (Phi) is 6.35. The molecule has 1 fully saturated rings. The van der Waals surface area contributed by atoms with Crippen molar-refractivity contribution >= 4 is 11.8 Å². The number of ether oxygens (including phenoxy) is 2. The molecule has 1 aliphatic heterocycles. The highest BCUT2D eigenvalue weighted by molar-refractivity contribution is 5.91. The van der Waals surface area contributed by atoms with Crippen molar-refractivity contribution in [1.82, 2.24) is 9.80 Å². The molecule has 1 aromatic carbocycles. The molecule has 1 aromatic heterocycles. The van der Waals surface area contributed by atoms with Crippen LogP contribution in [0.3, 0.4) is 0 Å². The van der Waals surface area contributed by atoms with E-state index in [4.69, 9.17) is 13.9 Å². The minimum Gasteiger partial charge on any atom is -0.494 e. The Hall–Kier alpha value is -2.96. The number of benzene rings is 1. The number of rotatable bonds is 6. The fourth-order valence-corrected chi connectivity index (χ4v) is 2.96. The number of carbonyl (C=O) groups is 2. The summed E-state index contributed by atoms with van der Waals surface area (Å²) in [6, 6.07) is 10.5. The van der Waals surface area contributed by atoms with Crippen molar-refractivity contribution in [3.63, 3.8) is 0 Å². The highest BCUT2D eigenvalue weighted by Gasteiger charge is 2.24. The van der Waals surface area contributed by atoms with E-state index in [-0.39, 0.29) is 18.4 Å². The van der Waals surface area contributed by atoms with Gasteiger partial charge in [0.15, 0.2) is 12.4 Å². The third-order valence-electron chi connectivity index (χ3n) is 4.36. The van der Waals surface area contributed by atoms with E-state index >= 15 is 0 Å². The lowest BCUT2D eigenvalue weighted by Crippen LogP contribution is -2.39. The molecule has 144 valence electrons. The van der Waals surface area contributed by atoms with E-state index in [1.165, 1.54) is 6.26 Å². The Morgan fingerprint density at radius 3 is 2.30 bits per heavy atom. The fraction of sp³-hybridized carbons (Fsp3) is 0.400. The zero-order valence-electron chi connectivity index (χ0n) is 15.4. The molecule has 2 heterocycles. The monoisotopic (exact) mass is 372 g/mol. The molecule has 2 aromatic rings. The van der Waals surface area contributed by atoms with Gasteiger partial charge in [-0.05, 0) is 49.7 Å². The van der Waals surface area contributed by atoms with Crippen molar-refractivity contribution in [2.24, 2.45) is 0 Å². The second-order valence-electron chi connectivity index (χ2n) is 6.20. The molecule has 0 aliphatic carbocycles. The zero-order chi connectivity index (χ0) is 19.1. The highest BCUT2D eigenvalue weighted by Crippen LogP contribution is 2.17. The number of nitrogens with zero attached hydrogens (tertiary/aromatic N) is 2. The van der Waals surface area contributed by atoms with E-state index < -0.39 is 0 Å². The van der Waals surface area contributed by atoms with Crippen LogP contribution in [0.5, 0.6) is 11.5 Å². The van der Waals surface area contributed by atoms with Crippen LogP contribution >= 0.6 is 0 Å². The normalized spacial score (nSPS) is 14.6. The first-order chi connectivity index (χ1) is 13.2. The van der Waals surface area contributed by atoms with E-state index in [0.717, 1.165) is 12.2 Å². The highest BCUT2D eigenvalue weighted by atomic mass is 16.5. The van der Waals surface area contributed by atoms with Crippen molar-refractivity contribution < 1.29 is 23.5 Å². The zero-order valence-corrected chi connectivity index (χ0v) is 15.4. The lowest BCUT2D eigenvalue weighted by Gasteiger charge is -2.21. The molecule has 0 N–H and O–H groups in total. The van der Waals surface area contributed by atoms with Crippen molar-refractivity contribution in [2.45, 2.75) is 13.3 Å². The summed E-state index contributed by atoms with van der Waals surface area (Å²) in [5.74, 6) is 1.49. The lowest BCUT2D eigenvalue weighted by molar-refractivity contribution is -0.133. The average molecular weight is 372 g/mol. The molecule has 27 heavy (non-hydrogen) atoms. The molecule has 7 heteroatoms. The summed E-state index contributed by atoms with van der Waals surface area (Å²) in [6.45, 7) is 4.67. The van der Waals surface area contributed by atoms with Crippen molar-refractivity contribution in [2.75, 3.05) is 39.4 Å². The van der Waals surface area contributed by atoms with Gasteiger partial charge in [-0.1, -0.05) is 0 Å². The van der Waals surface area contributed by atoms with Gasteiger partial charge in [-0.3, -0.25) is 9.59 Å². The van der Waals surface area contributed by atoms with E-state index in [9.17, 15) is 9.59 Å². The summed E-state index contributed by atoms with van der Waals surface area (Å²) in [5, 5.41) is 0. The summed E-state index contributed by atoms with van der Waals surface area (Å²) in [4.78, 5) is 28.3. The van der Waals surface area contributed by atoms with Crippen LogP contribution in [0, 0.1) is 0 Å². The van der Waals surface area contributed by atoms with Crippen LogP contribution in [0.25, 0.3) is 0 Å². The van der Waals surface area contributed by atoms with Crippen molar-refractivity contribution in [1.29, 1.82) is 0 Å². The average Bonchev–Trinajstić information content (AvgIpc) is 3.11. The summed E-state index contributed by atoms with van der Waals surface area (Å²) < 4.78 is 16.1. The Morgan fingerprint density at radius 2 is 1.63 bits per heavy atom. The molecular formula is C20H24N2O5. The smallest absolute Gasteiger partial charge is 0.289 e. The molecule has 2 amide bonds. The second kappa shape index (κ2) is 9.12. The summed E-state index contributed by atoms with van der Waals surface area (Å²) in [6.07, 6.45) is 2.21. The van der Waals surface area contributed by atoms with E-state index in [1.54, 1.807) is 34.1 Å². The number of hydrogen-bond donors (Lipinski definition) is 0. The minimum absolute atomic E-state index is 0.0277. The van der Waals surface area contributed by atoms with E-state index in [2.05, 4.69) is 0 Å². The van der Waals surface area contributed by atoms with Gasteiger partial charge in [0.25, 0.3) is 11.8 Å². The van der Waals surface area contributed by atoms with Gasteiger partial charge in [0.1, 0.15) is 11.5 Å². The maximum Gasteiger partial charge on any atom is 0.289 e. The van der Waals surface area contributed by atoms with Crippen LogP contribution in [-0.4, -0.2) is 61.0 Å². The largest absolute Gasteiger partial charge is 0.494 e. The molecule has 1 aliphatic rings. The lowest BCUT2D eigenvalue weighted by atomic mass is 10.3. The predicted molar refractivity (Wildman–Crippen MR) is 98.9 cm³/mol. The minimum atomic E-state index is -0.139. The Balaban J connectivity index is 1.48. The maximum absolute atomic E-state index is 12.5. The molecule has 7 nitrogen and oxygen atoms in total. The topological polar surface area (TPSA) is 72.2 Å². The van der Waals surface area contributed by atoms with Crippen molar-refractivity contribution in [3.05, 3.63) is 48.4 Å². The molecule has 0 spiro atoms. The molecule has 0 radical (unpaired) electrons. The van der Waals surface area contributed by atoms with Gasteiger partial charge in [-0.2, -0.15) is 0 Å². The van der Waals surface area contributed by atoms with Crippen LogP contribution in [0.2, 0.25) is 0 Å². The van der Waals surface area contributed by atoms with Gasteiger partial charge in [-0.15, -0.1) is 0 Å². The first-order valence-electron chi connectivity index (χ1n) is 9.13. The Bertz CT molecular complexity index is 742. The molecule has 0 saturated carbocycles. The molecular weight excluding hydrogens is 348 g/mol. The van der Waals surface area contributed by atoms with Crippen LogP contribution < -0.4 is 9.47 Å². The Labute approximate surface area is 158 Å². The summed E-state index contributed by atoms with van der Waals surface area (Å²) in [5.41, 5.74) is 0. The van der Waals surface area contributed by atoms with Gasteiger partial charge in [0.05, 0.1) is 12.9 Å². The molecule has 3 rings (SSSR count). The van der Waals surface area contributed by atoms with Crippen LogP contribution in [0.15, 0.2) is 47.1 Å². The number of hydrogen-bond acceptors (Lipinski definition) is 5. The van der Waals surface area contributed by atoms with Gasteiger partial charge in [0.2, 0.25) is 0 Å². The quantitative estimate of drug-likeness (QED) is 0.779. The standard InChI is InChI=1S/C20H24N2O5/c1-2-25-16-6-8-17(9-7-16)27-15-19(23)21-10-4-11-22(13-12-21)20(24)18-5-3-14-26-18/h3,5-9,14H,2,4,10-13,15H2,1H3. The summed E-state index contributed by atoms with van der Waals surface area (Å²) >= 11 is 0. The van der Waals surface area contributed by atoms with Crippen molar-refractivity contribution in [3.8, 4) is 11.5 Å². The van der Waals surface area contributed by atoms with E-state index in [1.807, 2.05) is 19.1 Å². The van der Waals surface area contributed by atoms with Gasteiger partial charge in [-0.25, -0.2) is 0 Å². The predicted octanol–water partition coefficient (Wildman–Crippen LogP) is 2.43. The van der Waals surface area contributed by atoms with Crippen LogP contribution in [-0.2, 0) is 4.79 Å². The Morgan fingerprint density at radius 1 is 0.963 bits per heavy atom. The van der Waals surface area contributed by atoms with Gasteiger partial charge < -0.3 is 23.7 Å². The first kappa shape index (κ1) is 18.8. The third-order valence-corrected chi connectivity index (χ3v) is 4.36. The molecule has 0 unspecified atom stereocenters. The van der Waals surface area contributed by atoms with E-state index in [0.29, 0.717) is 44.3 Å². The van der Waals surface area contributed by atoms with Gasteiger partial charge >= 0.3 is 0 Å². The SMILES string of the molecule is CCOc1ccc(OCC(=O)N2CCCN(C(=O)c3ccco3)CC2)cc1. The third kappa shape index (κ3) is 5.03. The van der Waals surface area contributed by atoms with Gasteiger partial charge in [0, 0.05) is 26.2 Å². The second-order valence-corrected chi connectivity index (χ2v) is 6.20. The molecule has 0 bridgehead atoms. The molecule has 1 saturated heterocycles. The van der Waals surface area contributed by atoms with Crippen LogP contribution in [0.4, 0.5) is 0 Å².